The molecule has 1 heterocycles. The third kappa shape index (κ3) is 5.52. The van der Waals surface area contributed by atoms with Gasteiger partial charge in [0.15, 0.2) is 5.82 Å². The number of nitrogens with zero attached hydrogens (tertiary/aromatic N) is 4. The first-order valence-corrected chi connectivity index (χ1v) is 7.99. The number of aryl methyl sites for hydroxylation is 1. The minimum atomic E-state index is -0.250. The van der Waals surface area contributed by atoms with E-state index in [1.807, 2.05) is 31.2 Å². The van der Waals surface area contributed by atoms with Gasteiger partial charge in [-0.25, -0.2) is 0 Å². The quantitative estimate of drug-likeness (QED) is 0.708. The van der Waals surface area contributed by atoms with Gasteiger partial charge >= 0.3 is 0 Å². The molecular formula is C17H22N6O2. The van der Waals surface area contributed by atoms with Gasteiger partial charge in [0.05, 0.1) is 0 Å². The molecule has 132 valence electrons. The van der Waals surface area contributed by atoms with Gasteiger partial charge in [0, 0.05) is 31.6 Å². The molecule has 0 saturated heterocycles. The van der Waals surface area contributed by atoms with Crippen LogP contribution in [0.3, 0.4) is 0 Å². The van der Waals surface area contributed by atoms with Crippen LogP contribution in [0, 0.1) is 0 Å². The number of carbonyl (C=O) groups excluding carboxylic acids is 2. The number of carbonyl (C=O) groups is 2. The zero-order valence-corrected chi connectivity index (χ0v) is 14.4. The third-order valence-electron chi connectivity index (χ3n) is 3.81. The Balaban J connectivity index is 1.80. The maximum Gasteiger partial charge on any atom is 0.247 e. The third-order valence-corrected chi connectivity index (χ3v) is 3.81. The summed E-state index contributed by atoms with van der Waals surface area (Å²) in [6.07, 6.45) is 2.27. The summed E-state index contributed by atoms with van der Waals surface area (Å²) in [5, 5.41) is 16.5. The van der Waals surface area contributed by atoms with E-state index in [2.05, 4.69) is 32.5 Å². The lowest BCUT2D eigenvalue weighted by Crippen LogP contribution is -2.30. The van der Waals surface area contributed by atoms with E-state index in [9.17, 15) is 9.59 Å². The Morgan fingerprint density at radius 3 is 2.68 bits per heavy atom. The van der Waals surface area contributed by atoms with E-state index in [0.717, 1.165) is 5.56 Å². The summed E-state index contributed by atoms with van der Waals surface area (Å²) < 4.78 is 0. The fourth-order valence-electron chi connectivity index (χ4n) is 2.36. The molecule has 0 bridgehead atoms. The van der Waals surface area contributed by atoms with Crippen LogP contribution in [0.15, 0.2) is 36.9 Å². The van der Waals surface area contributed by atoms with Gasteiger partial charge in [0.2, 0.25) is 11.8 Å². The molecule has 2 N–H and O–H groups in total. The number of tetrazole rings is 1. The van der Waals surface area contributed by atoms with Crippen molar-refractivity contribution >= 4 is 17.5 Å². The fraction of sp³-hybridized carbons (Fsp3) is 0.353. The lowest BCUT2D eigenvalue weighted by atomic mass is 10.1. The molecule has 2 aromatic rings. The maximum absolute atomic E-state index is 12.3. The van der Waals surface area contributed by atoms with Crippen LogP contribution in [-0.4, -0.2) is 50.9 Å². The van der Waals surface area contributed by atoms with E-state index >= 15 is 0 Å². The minimum Gasteiger partial charge on any atom is -0.345 e. The molecule has 0 saturated carbocycles. The molecule has 0 spiro atoms. The van der Waals surface area contributed by atoms with Crippen molar-refractivity contribution in [3.63, 3.8) is 0 Å². The molecule has 1 aromatic heterocycles. The van der Waals surface area contributed by atoms with Crippen LogP contribution in [0.5, 0.6) is 0 Å². The number of anilines is 1. The largest absolute Gasteiger partial charge is 0.345 e. The van der Waals surface area contributed by atoms with Crippen LogP contribution in [0.25, 0.3) is 0 Å². The minimum absolute atomic E-state index is 0.0143. The Labute approximate surface area is 146 Å². The van der Waals surface area contributed by atoms with Gasteiger partial charge in [-0.1, -0.05) is 30.8 Å². The van der Waals surface area contributed by atoms with Crippen LogP contribution in [-0.2, 0) is 16.0 Å². The molecule has 8 heteroatoms. The van der Waals surface area contributed by atoms with Crippen molar-refractivity contribution in [3.8, 4) is 0 Å². The summed E-state index contributed by atoms with van der Waals surface area (Å²) in [4.78, 5) is 25.2. The average Bonchev–Trinajstić information content (AvgIpc) is 3.15. The Bertz CT molecular complexity index is 711. The first-order valence-electron chi connectivity index (χ1n) is 7.99. The summed E-state index contributed by atoms with van der Waals surface area (Å²) in [5.74, 6) is 0.414. The van der Waals surface area contributed by atoms with E-state index in [-0.39, 0.29) is 17.7 Å². The Morgan fingerprint density at radius 1 is 1.36 bits per heavy atom. The van der Waals surface area contributed by atoms with Crippen LogP contribution in [0.2, 0.25) is 0 Å². The molecule has 0 radical (unpaired) electrons. The zero-order chi connectivity index (χ0) is 18.2. The van der Waals surface area contributed by atoms with Crippen molar-refractivity contribution in [2.45, 2.75) is 25.7 Å². The van der Waals surface area contributed by atoms with Crippen molar-refractivity contribution in [2.75, 3.05) is 18.9 Å². The van der Waals surface area contributed by atoms with Crippen LogP contribution in [0.4, 0.5) is 5.69 Å². The molecule has 1 unspecified atom stereocenters. The molecular weight excluding hydrogens is 320 g/mol. The maximum atomic E-state index is 12.3. The highest BCUT2D eigenvalue weighted by Gasteiger charge is 2.16. The molecule has 0 aliphatic heterocycles. The van der Waals surface area contributed by atoms with E-state index < -0.39 is 0 Å². The second-order valence-electron chi connectivity index (χ2n) is 5.84. The van der Waals surface area contributed by atoms with Crippen LogP contribution >= 0.6 is 0 Å². The number of aromatic nitrogens is 4. The molecule has 1 aromatic carbocycles. The monoisotopic (exact) mass is 342 g/mol. The molecule has 25 heavy (non-hydrogen) atoms. The Hall–Kier alpha value is -3.03. The second kappa shape index (κ2) is 8.72. The number of hydrogen-bond donors (Lipinski definition) is 2. The highest BCUT2D eigenvalue weighted by Crippen LogP contribution is 2.13. The van der Waals surface area contributed by atoms with Crippen molar-refractivity contribution in [2.24, 2.45) is 0 Å². The van der Waals surface area contributed by atoms with Gasteiger partial charge in [-0.15, -0.1) is 10.2 Å². The number of aromatic amines is 1. The van der Waals surface area contributed by atoms with E-state index in [0.29, 0.717) is 30.9 Å². The normalized spacial score (nSPS) is 11.6. The van der Waals surface area contributed by atoms with Crippen molar-refractivity contribution in [3.05, 3.63) is 48.3 Å². The van der Waals surface area contributed by atoms with Crippen molar-refractivity contribution < 1.29 is 9.59 Å². The first-order chi connectivity index (χ1) is 12.0. The second-order valence-corrected chi connectivity index (χ2v) is 5.84. The zero-order valence-electron chi connectivity index (χ0n) is 14.4. The lowest BCUT2D eigenvalue weighted by molar-refractivity contribution is -0.130. The molecule has 2 rings (SSSR count). The number of nitrogens with one attached hydrogen (secondary N) is 2. The molecule has 0 aliphatic rings. The van der Waals surface area contributed by atoms with Gasteiger partial charge in [0.1, 0.15) is 0 Å². The summed E-state index contributed by atoms with van der Waals surface area (Å²) >= 11 is 0. The topological polar surface area (TPSA) is 104 Å². The number of amides is 2. The van der Waals surface area contributed by atoms with Crippen LogP contribution in [0.1, 0.15) is 30.7 Å². The SMILES string of the molecule is C=CC(=O)Nc1ccc(CCC(=O)N(C)CC(C)c2nn[nH]n2)cc1. The van der Waals surface area contributed by atoms with E-state index in [1.165, 1.54) is 6.08 Å². The molecule has 1 atom stereocenters. The first kappa shape index (κ1) is 18.3. The molecule has 2 amide bonds. The van der Waals surface area contributed by atoms with Crippen molar-refractivity contribution in [1.82, 2.24) is 25.5 Å². The smallest absolute Gasteiger partial charge is 0.247 e. The fourth-order valence-corrected chi connectivity index (χ4v) is 2.36. The highest BCUT2D eigenvalue weighted by molar-refractivity contribution is 5.98. The standard InChI is InChI=1S/C17H22N6O2/c1-4-15(24)18-14-8-5-13(6-9-14)7-10-16(25)23(3)11-12(2)17-19-21-22-20-17/h4-6,8-9,12H,1,7,10-11H2,2-3H3,(H,18,24)(H,19,20,21,22). The van der Waals surface area contributed by atoms with Crippen molar-refractivity contribution in [1.29, 1.82) is 0 Å². The Kier molecular flexibility index (Phi) is 6.39. The average molecular weight is 342 g/mol. The van der Waals surface area contributed by atoms with E-state index in [1.54, 1.807) is 11.9 Å². The summed E-state index contributed by atoms with van der Waals surface area (Å²) in [7, 11) is 1.77. The molecule has 0 aliphatic carbocycles. The summed E-state index contributed by atoms with van der Waals surface area (Å²) in [6.45, 7) is 5.89. The highest BCUT2D eigenvalue weighted by atomic mass is 16.2. The number of hydrogen-bond acceptors (Lipinski definition) is 5. The van der Waals surface area contributed by atoms with Gasteiger partial charge in [-0.3, -0.25) is 9.59 Å². The van der Waals surface area contributed by atoms with Gasteiger partial charge in [-0.2, -0.15) is 5.21 Å². The predicted molar refractivity (Wildman–Crippen MR) is 93.8 cm³/mol. The van der Waals surface area contributed by atoms with Gasteiger partial charge < -0.3 is 10.2 Å². The molecule has 0 fully saturated rings. The number of benzene rings is 1. The van der Waals surface area contributed by atoms with Gasteiger partial charge in [-0.05, 0) is 30.2 Å². The van der Waals surface area contributed by atoms with Crippen LogP contribution < -0.4 is 5.32 Å². The van der Waals surface area contributed by atoms with E-state index in [4.69, 9.17) is 0 Å². The lowest BCUT2D eigenvalue weighted by Gasteiger charge is -2.20. The number of rotatable bonds is 8. The Morgan fingerprint density at radius 2 is 2.08 bits per heavy atom. The van der Waals surface area contributed by atoms with Gasteiger partial charge in [0.25, 0.3) is 0 Å². The summed E-state index contributed by atoms with van der Waals surface area (Å²) in [6, 6.07) is 7.41. The number of likely N-dealkylation sites (N-methyl/N-ethyl adjacent to an activating group) is 1. The molecule has 8 nitrogen and oxygen atoms in total. The summed E-state index contributed by atoms with van der Waals surface area (Å²) in [5.41, 5.74) is 1.73. The predicted octanol–water partition coefficient (Wildman–Crippen LogP) is 1.52. The number of H-pyrrole nitrogens is 1.